The van der Waals surface area contributed by atoms with Crippen LogP contribution in [0.4, 0.5) is 5.69 Å². The zero-order valence-electron chi connectivity index (χ0n) is 18.3. The van der Waals surface area contributed by atoms with Gasteiger partial charge in [0.05, 0.1) is 5.69 Å². The summed E-state index contributed by atoms with van der Waals surface area (Å²) >= 11 is 3.63. The van der Waals surface area contributed by atoms with Crippen molar-refractivity contribution in [1.82, 2.24) is 9.55 Å². The number of halogens is 1. The topological polar surface area (TPSA) is 21.1 Å². The van der Waals surface area contributed by atoms with Gasteiger partial charge in [0.25, 0.3) is 0 Å². The third-order valence-corrected chi connectivity index (χ3v) is 6.86. The van der Waals surface area contributed by atoms with E-state index < -0.39 is 0 Å². The van der Waals surface area contributed by atoms with Crippen LogP contribution in [0, 0.1) is 33.6 Å². The van der Waals surface area contributed by atoms with E-state index in [0.717, 1.165) is 34.8 Å². The number of hydrogen-bond donors (Lipinski definition) is 0. The molecule has 1 saturated heterocycles. The Hall–Kier alpha value is -1.81. The molecule has 3 nitrogen and oxygen atoms in total. The van der Waals surface area contributed by atoms with Crippen LogP contribution in [0.1, 0.15) is 55.0 Å². The molecule has 0 amide bonds. The van der Waals surface area contributed by atoms with E-state index in [2.05, 4.69) is 84.4 Å². The van der Waals surface area contributed by atoms with Crippen LogP contribution in [0.3, 0.4) is 0 Å². The molecular weight excluding hydrogens is 422 g/mol. The lowest BCUT2D eigenvalue weighted by molar-refractivity contribution is 0.379. The molecule has 154 valence electrons. The summed E-state index contributed by atoms with van der Waals surface area (Å²) in [6, 6.07) is 6.68. The summed E-state index contributed by atoms with van der Waals surface area (Å²) in [5.41, 5.74) is 8.62. The Morgan fingerprint density at radius 3 is 2.28 bits per heavy atom. The van der Waals surface area contributed by atoms with E-state index in [-0.39, 0.29) is 0 Å². The predicted octanol–water partition coefficient (Wildman–Crippen LogP) is 7.04. The Morgan fingerprint density at radius 1 is 1.00 bits per heavy atom. The Bertz CT molecular complexity index is 1020. The van der Waals surface area contributed by atoms with Crippen molar-refractivity contribution < 1.29 is 0 Å². The van der Waals surface area contributed by atoms with Gasteiger partial charge >= 0.3 is 0 Å². The third-order valence-electron chi connectivity index (χ3n) is 6.40. The Labute approximate surface area is 183 Å². The summed E-state index contributed by atoms with van der Waals surface area (Å²) < 4.78 is 3.44. The molecule has 0 N–H and O–H groups in total. The van der Waals surface area contributed by atoms with Crippen molar-refractivity contribution in [2.75, 3.05) is 18.0 Å². The fraction of sp³-hybridized carbons (Fsp3) is 0.480. The normalized spacial score (nSPS) is 15.4. The van der Waals surface area contributed by atoms with E-state index in [4.69, 9.17) is 4.98 Å². The molecule has 1 aliphatic rings. The molecule has 29 heavy (non-hydrogen) atoms. The monoisotopic (exact) mass is 453 g/mol. The molecule has 3 aromatic rings. The maximum absolute atomic E-state index is 5.00. The van der Waals surface area contributed by atoms with Gasteiger partial charge in [-0.2, -0.15) is 0 Å². The largest absolute Gasteiger partial charge is 0.371 e. The summed E-state index contributed by atoms with van der Waals surface area (Å²) in [5, 5.41) is 1.31. The SMILES string of the molecule is CCCC1CCN(c2cc(C)nc3c2c(C)cn3-c2c(C)cc(Br)cc2C)CC1. The Morgan fingerprint density at radius 2 is 1.66 bits per heavy atom. The highest BCUT2D eigenvalue weighted by Gasteiger charge is 2.23. The molecule has 4 rings (SSSR count). The lowest BCUT2D eigenvalue weighted by atomic mass is 9.92. The zero-order chi connectivity index (χ0) is 20.7. The molecule has 0 aliphatic carbocycles. The number of anilines is 1. The van der Waals surface area contributed by atoms with Gasteiger partial charge in [0.15, 0.2) is 0 Å². The maximum atomic E-state index is 5.00. The highest BCUT2D eigenvalue weighted by atomic mass is 79.9. The average molecular weight is 454 g/mol. The number of piperidine rings is 1. The number of pyridine rings is 1. The molecule has 1 aliphatic heterocycles. The zero-order valence-corrected chi connectivity index (χ0v) is 19.9. The minimum Gasteiger partial charge on any atom is -0.371 e. The van der Waals surface area contributed by atoms with E-state index in [9.17, 15) is 0 Å². The third kappa shape index (κ3) is 3.84. The number of nitrogens with zero attached hydrogens (tertiary/aromatic N) is 3. The number of aromatic nitrogens is 2. The molecule has 1 aromatic carbocycles. The fourth-order valence-electron chi connectivity index (χ4n) is 5.09. The molecule has 2 aromatic heterocycles. The summed E-state index contributed by atoms with van der Waals surface area (Å²) in [7, 11) is 0. The van der Waals surface area contributed by atoms with Gasteiger partial charge in [-0.3, -0.25) is 0 Å². The van der Waals surface area contributed by atoms with E-state index in [0.29, 0.717) is 0 Å². The van der Waals surface area contributed by atoms with Gasteiger partial charge in [0, 0.05) is 40.5 Å². The van der Waals surface area contributed by atoms with Crippen molar-refractivity contribution in [3.05, 3.63) is 51.3 Å². The van der Waals surface area contributed by atoms with Crippen LogP contribution in [0.5, 0.6) is 0 Å². The van der Waals surface area contributed by atoms with Crippen LogP contribution < -0.4 is 4.90 Å². The van der Waals surface area contributed by atoms with Crippen LogP contribution in [0.25, 0.3) is 16.7 Å². The van der Waals surface area contributed by atoms with Crippen molar-refractivity contribution in [2.45, 2.75) is 60.3 Å². The second kappa shape index (κ2) is 8.14. The van der Waals surface area contributed by atoms with Crippen LogP contribution in [-0.2, 0) is 0 Å². The van der Waals surface area contributed by atoms with Crippen LogP contribution in [-0.4, -0.2) is 22.6 Å². The van der Waals surface area contributed by atoms with Gasteiger partial charge in [-0.05, 0) is 81.3 Å². The predicted molar refractivity (Wildman–Crippen MR) is 128 cm³/mol. The van der Waals surface area contributed by atoms with Crippen molar-refractivity contribution >= 4 is 32.7 Å². The van der Waals surface area contributed by atoms with Gasteiger partial charge in [-0.15, -0.1) is 0 Å². The van der Waals surface area contributed by atoms with Gasteiger partial charge in [0.2, 0.25) is 0 Å². The molecule has 4 heteroatoms. The first kappa shape index (κ1) is 20.5. The first-order valence-corrected chi connectivity index (χ1v) is 11.7. The first-order chi connectivity index (χ1) is 13.9. The summed E-state index contributed by atoms with van der Waals surface area (Å²) in [4.78, 5) is 7.60. The van der Waals surface area contributed by atoms with Crippen molar-refractivity contribution in [3.8, 4) is 5.69 Å². The van der Waals surface area contributed by atoms with Gasteiger partial charge in [0.1, 0.15) is 5.65 Å². The summed E-state index contributed by atoms with van der Waals surface area (Å²) in [5.74, 6) is 0.897. The van der Waals surface area contributed by atoms with E-state index in [1.54, 1.807) is 0 Å². The van der Waals surface area contributed by atoms with E-state index in [1.807, 2.05) is 0 Å². The summed E-state index contributed by atoms with van der Waals surface area (Å²) in [6.07, 6.45) is 7.56. The van der Waals surface area contributed by atoms with Crippen molar-refractivity contribution in [2.24, 2.45) is 5.92 Å². The molecule has 0 saturated carbocycles. The second-order valence-corrected chi connectivity index (χ2v) is 9.69. The second-order valence-electron chi connectivity index (χ2n) is 8.77. The average Bonchev–Trinajstić information content (AvgIpc) is 2.97. The van der Waals surface area contributed by atoms with Gasteiger partial charge < -0.3 is 9.47 Å². The smallest absolute Gasteiger partial charge is 0.147 e. The molecule has 0 bridgehead atoms. The summed E-state index contributed by atoms with van der Waals surface area (Å²) in [6.45, 7) is 13.3. The molecule has 0 unspecified atom stereocenters. The molecule has 3 heterocycles. The number of hydrogen-bond acceptors (Lipinski definition) is 2. The quantitative estimate of drug-likeness (QED) is 0.422. The standard InChI is InChI=1S/C25H32BrN3/c1-6-7-20-8-10-28(11-9-20)22-14-19(5)27-25-23(22)18(4)15-29(25)24-16(2)12-21(26)13-17(24)3/h12-15,20H,6-11H2,1-5H3. The van der Waals surface area contributed by atoms with Crippen molar-refractivity contribution in [3.63, 3.8) is 0 Å². The number of rotatable bonds is 4. The molecule has 0 radical (unpaired) electrons. The first-order valence-electron chi connectivity index (χ1n) is 10.9. The number of fused-ring (bicyclic) bond motifs is 1. The maximum Gasteiger partial charge on any atom is 0.147 e. The highest BCUT2D eigenvalue weighted by Crippen LogP contribution is 2.36. The number of aryl methyl sites for hydroxylation is 4. The number of benzene rings is 1. The fourth-order valence-corrected chi connectivity index (χ4v) is 5.77. The van der Waals surface area contributed by atoms with E-state index in [1.165, 1.54) is 59.1 Å². The minimum absolute atomic E-state index is 0.897. The molecule has 0 atom stereocenters. The van der Waals surface area contributed by atoms with Crippen LogP contribution >= 0.6 is 15.9 Å². The molecule has 1 fully saturated rings. The van der Waals surface area contributed by atoms with Crippen LogP contribution in [0.2, 0.25) is 0 Å². The van der Waals surface area contributed by atoms with E-state index >= 15 is 0 Å². The minimum atomic E-state index is 0.897. The lowest BCUT2D eigenvalue weighted by Gasteiger charge is -2.34. The lowest BCUT2D eigenvalue weighted by Crippen LogP contribution is -2.33. The van der Waals surface area contributed by atoms with Crippen molar-refractivity contribution in [1.29, 1.82) is 0 Å². The van der Waals surface area contributed by atoms with Gasteiger partial charge in [-0.25, -0.2) is 4.98 Å². The Balaban J connectivity index is 1.82. The Kier molecular flexibility index (Phi) is 5.74. The molecule has 0 spiro atoms. The highest BCUT2D eigenvalue weighted by molar-refractivity contribution is 9.10. The van der Waals surface area contributed by atoms with Crippen LogP contribution in [0.15, 0.2) is 28.9 Å². The van der Waals surface area contributed by atoms with Gasteiger partial charge in [-0.1, -0.05) is 35.7 Å². The molecular formula is C25H32BrN3.